The van der Waals surface area contributed by atoms with Crippen molar-refractivity contribution in [1.82, 2.24) is 10.2 Å². The lowest BCUT2D eigenvalue weighted by Gasteiger charge is -2.54. The second kappa shape index (κ2) is 5.73. The van der Waals surface area contributed by atoms with E-state index in [0.717, 1.165) is 12.6 Å². The van der Waals surface area contributed by atoms with Crippen molar-refractivity contribution in [2.75, 3.05) is 13.1 Å². The predicted molar refractivity (Wildman–Crippen MR) is 83.5 cm³/mol. The van der Waals surface area contributed by atoms with Gasteiger partial charge in [0.25, 0.3) is 0 Å². The summed E-state index contributed by atoms with van der Waals surface area (Å²) in [5, 5.41) is 3.83. The van der Waals surface area contributed by atoms with Crippen molar-refractivity contribution >= 4 is 0 Å². The lowest BCUT2D eigenvalue weighted by Crippen LogP contribution is -2.68. The van der Waals surface area contributed by atoms with Gasteiger partial charge in [-0.1, -0.05) is 47.0 Å². The standard InChI is InChI=1S/C17H34N2/c1-6-17(5)13-18-15(16(2,3)4)12-19(17)14-10-8-7-9-11-14/h14-15,18H,6-13H2,1-5H3. The van der Waals surface area contributed by atoms with Crippen LogP contribution in [0.1, 0.15) is 73.1 Å². The van der Waals surface area contributed by atoms with Crippen LogP contribution >= 0.6 is 0 Å². The highest BCUT2D eigenvalue weighted by Gasteiger charge is 2.42. The fraction of sp³-hybridized carbons (Fsp3) is 1.00. The van der Waals surface area contributed by atoms with Gasteiger partial charge in [-0.15, -0.1) is 0 Å². The molecule has 0 radical (unpaired) electrons. The fourth-order valence-corrected chi connectivity index (χ4v) is 3.82. The third-order valence-electron chi connectivity index (χ3n) is 5.62. The Hall–Kier alpha value is -0.0800. The maximum Gasteiger partial charge on any atom is 0.0306 e. The molecule has 112 valence electrons. The van der Waals surface area contributed by atoms with Crippen LogP contribution < -0.4 is 5.32 Å². The Morgan fingerprint density at radius 1 is 1.16 bits per heavy atom. The van der Waals surface area contributed by atoms with E-state index in [1.54, 1.807) is 0 Å². The third-order valence-corrected chi connectivity index (χ3v) is 5.62. The van der Waals surface area contributed by atoms with Crippen molar-refractivity contribution < 1.29 is 0 Å². The SMILES string of the molecule is CCC1(C)CNC(C(C)(C)C)CN1C1CCCCC1. The molecule has 0 aromatic carbocycles. The number of rotatable bonds is 2. The van der Waals surface area contributed by atoms with Crippen LogP contribution in [0.15, 0.2) is 0 Å². The Kier molecular flexibility index (Phi) is 4.62. The van der Waals surface area contributed by atoms with Gasteiger partial charge in [-0.3, -0.25) is 4.90 Å². The molecule has 2 fully saturated rings. The molecule has 0 spiro atoms. The molecular formula is C17H34N2. The van der Waals surface area contributed by atoms with Gasteiger partial charge in [0.15, 0.2) is 0 Å². The topological polar surface area (TPSA) is 15.3 Å². The highest BCUT2D eigenvalue weighted by atomic mass is 15.3. The maximum atomic E-state index is 3.83. The Balaban J connectivity index is 2.13. The van der Waals surface area contributed by atoms with E-state index in [-0.39, 0.29) is 0 Å². The minimum Gasteiger partial charge on any atom is -0.310 e. The van der Waals surface area contributed by atoms with Crippen LogP contribution in [0.2, 0.25) is 0 Å². The molecule has 0 bridgehead atoms. The summed E-state index contributed by atoms with van der Waals surface area (Å²) in [6.45, 7) is 14.3. The largest absolute Gasteiger partial charge is 0.310 e. The van der Waals surface area contributed by atoms with E-state index < -0.39 is 0 Å². The fourth-order valence-electron chi connectivity index (χ4n) is 3.82. The second-order valence-electron chi connectivity index (χ2n) is 8.09. The zero-order chi connectivity index (χ0) is 14.1. The smallest absolute Gasteiger partial charge is 0.0306 e. The highest BCUT2D eigenvalue weighted by molar-refractivity contribution is 5.01. The molecule has 2 rings (SSSR count). The number of hydrogen-bond acceptors (Lipinski definition) is 2. The Bertz CT molecular complexity index is 288. The molecule has 2 nitrogen and oxygen atoms in total. The van der Waals surface area contributed by atoms with Crippen molar-refractivity contribution in [2.45, 2.75) is 90.8 Å². The molecule has 1 saturated carbocycles. The quantitative estimate of drug-likeness (QED) is 0.817. The molecule has 1 aliphatic carbocycles. The first-order valence-electron chi connectivity index (χ1n) is 8.37. The Morgan fingerprint density at radius 3 is 2.32 bits per heavy atom. The average Bonchev–Trinajstić information content (AvgIpc) is 2.39. The molecule has 2 unspecified atom stereocenters. The molecule has 19 heavy (non-hydrogen) atoms. The maximum absolute atomic E-state index is 3.83. The van der Waals surface area contributed by atoms with Gasteiger partial charge < -0.3 is 5.32 Å². The summed E-state index contributed by atoms with van der Waals surface area (Å²) >= 11 is 0. The first-order valence-corrected chi connectivity index (χ1v) is 8.37. The zero-order valence-electron chi connectivity index (χ0n) is 13.8. The van der Waals surface area contributed by atoms with Gasteiger partial charge in [0.2, 0.25) is 0 Å². The van der Waals surface area contributed by atoms with Gasteiger partial charge in [0.05, 0.1) is 0 Å². The summed E-state index contributed by atoms with van der Waals surface area (Å²) in [6.07, 6.45) is 8.43. The van der Waals surface area contributed by atoms with E-state index in [1.165, 1.54) is 45.1 Å². The Labute approximate surface area is 120 Å². The van der Waals surface area contributed by atoms with Crippen LogP contribution in [0.25, 0.3) is 0 Å². The van der Waals surface area contributed by atoms with Gasteiger partial charge in [0.1, 0.15) is 0 Å². The van der Waals surface area contributed by atoms with Crippen LogP contribution in [0.5, 0.6) is 0 Å². The number of hydrogen-bond donors (Lipinski definition) is 1. The molecule has 0 amide bonds. The lowest BCUT2D eigenvalue weighted by atomic mass is 9.79. The Morgan fingerprint density at radius 2 is 1.79 bits per heavy atom. The monoisotopic (exact) mass is 266 g/mol. The number of nitrogens with one attached hydrogen (secondary N) is 1. The van der Waals surface area contributed by atoms with Gasteiger partial charge >= 0.3 is 0 Å². The minimum atomic E-state index is 0.363. The summed E-state index contributed by atoms with van der Waals surface area (Å²) in [4.78, 5) is 2.87. The van der Waals surface area contributed by atoms with E-state index in [0.29, 0.717) is 17.0 Å². The van der Waals surface area contributed by atoms with Gasteiger partial charge in [-0.25, -0.2) is 0 Å². The van der Waals surface area contributed by atoms with Gasteiger partial charge in [0, 0.05) is 30.7 Å². The summed E-state index contributed by atoms with van der Waals surface area (Å²) in [5.41, 5.74) is 0.728. The molecule has 1 aliphatic heterocycles. The van der Waals surface area contributed by atoms with Crippen molar-refractivity contribution in [2.24, 2.45) is 5.41 Å². The summed E-state index contributed by atoms with van der Waals surface area (Å²) in [5.74, 6) is 0. The van der Waals surface area contributed by atoms with Crippen LogP contribution in [-0.4, -0.2) is 35.6 Å². The minimum absolute atomic E-state index is 0.363. The van der Waals surface area contributed by atoms with E-state index in [2.05, 4.69) is 44.8 Å². The lowest BCUT2D eigenvalue weighted by molar-refractivity contribution is -0.0214. The van der Waals surface area contributed by atoms with E-state index in [4.69, 9.17) is 0 Å². The van der Waals surface area contributed by atoms with Gasteiger partial charge in [-0.2, -0.15) is 0 Å². The third kappa shape index (κ3) is 3.33. The van der Waals surface area contributed by atoms with Crippen molar-refractivity contribution in [3.63, 3.8) is 0 Å². The first kappa shape index (κ1) is 15.3. The normalized spacial score (nSPS) is 35.5. The van der Waals surface area contributed by atoms with Crippen LogP contribution in [-0.2, 0) is 0 Å². The molecule has 2 atom stereocenters. The number of nitrogens with zero attached hydrogens (tertiary/aromatic N) is 1. The number of piperazine rings is 1. The van der Waals surface area contributed by atoms with Crippen molar-refractivity contribution in [1.29, 1.82) is 0 Å². The van der Waals surface area contributed by atoms with Crippen LogP contribution in [0, 0.1) is 5.41 Å². The molecule has 1 saturated heterocycles. The van der Waals surface area contributed by atoms with Crippen molar-refractivity contribution in [3.8, 4) is 0 Å². The van der Waals surface area contributed by atoms with Gasteiger partial charge in [-0.05, 0) is 31.6 Å². The summed E-state index contributed by atoms with van der Waals surface area (Å²) in [6, 6.07) is 1.47. The molecule has 0 aromatic heterocycles. The van der Waals surface area contributed by atoms with Crippen molar-refractivity contribution in [3.05, 3.63) is 0 Å². The summed E-state index contributed by atoms with van der Waals surface area (Å²) < 4.78 is 0. The van der Waals surface area contributed by atoms with Crippen LogP contribution in [0.3, 0.4) is 0 Å². The van der Waals surface area contributed by atoms with E-state index in [1.807, 2.05) is 0 Å². The molecular weight excluding hydrogens is 232 g/mol. The second-order valence-corrected chi connectivity index (χ2v) is 8.09. The van der Waals surface area contributed by atoms with Crippen LogP contribution in [0.4, 0.5) is 0 Å². The molecule has 1 N–H and O–H groups in total. The molecule has 2 aliphatic rings. The zero-order valence-corrected chi connectivity index (χ0v) is 13.8. The summed E-state index contributed by atoms with van der Waals surface area (Å²) in [7, 11) is 0. The molecule has 1 heterocycles. The van der Waals surface area contributed by atoms with E-state index >= 15 is 0 Å². The first-order chi connectivity index (χ1) is 8.87. The van der Waals surface area contributed by atoms with E-state index in [9.17, 15) is 0 Å². The molecule has 2 heteroatoms. The highest BCUT2D eigenvalue weighted by Crippen LogP contribution is 2.35. The predicted octanol–water partition coefficient (Wildman–Crippen LogP) is 3.81. The average molecular weight is 266 g/mol. The molecule has 0 aromatic rings.